The van der Waals surface area contributed by atoms with Crippen LogP contribution in [-0.4, -0.2) is 11.1 Å². The third kappa shape index (κ3) is 3.70. The number of carbonyl (C=O) groups is 1. The van der Waals surface area contributed by atoms with E-state index in [0.717, 1.165) is 16.7 Å². The van der Waals surface area contributed by atoms with Crippen molar-refractivity contribution in [1.82, 2.24) is 0 Å². The molecule has 1 heterocycles. The number of rotatable bonds is 4. The molecule has 1 N–H and O–H groups in total. The Morgan fingerprint density at radius 3 is 2.30 bits per heavy atom. The van der Waals surface area contributed by atoms with Crippen molar-refractivity contribution >= 4 is 16.9 Å². The minimum atomic E-state index is -0.572. The van der Waals surface area contributed by atoms with E-state index in [0.29, 0.717) is 22.3 Å². The number of aromatic hydroxyl groups is 1. The standard InChI is InChI=1S/C25H20O5/c1-15-6-5-7-16(2)22(15)25(28)29-18-12-10-17(11-13-18)14-20-23(26)19-8-3-4-9-21(19)30-24(20)27/h3-13,26H,14H2,1-2H3. The minimum absolute atomic E-state index is 0.0765. The van der Waals surface area contributed by atoms with Gasteiger partial charge in [-0.15, -0.1) is 0 Å². The van der Waals surface area contributed by atoms with Gasteiger partial charge in [-0.1, -0.05) is 42.5 Å². The smallest absolute Gasteiger partial charge is 0.344 e. The second-order valence-corrected chi connectivity index (χ2v) is 7.19. The zero-order valence-electron chi connectivity index (χ0n) is 16.6. The van der Waals surface area contributed by atoms with Gasteiger partial charge in [0.15, 0.2) is 0 Å². The zero-order valence-corrected chi connectivity index (χ0v) is 16.6. The van der Waals surface area contributed by atoms with Gasteiger partial charge in [0.2, 0.25) is 0 Å². The quantitative estimate of drug-likeness (QED) is 0.299. The average Bonchev–Trinajstić information content (AvgIpc) is 2.72. The van der Waals surface area contributed by atoms with Gasteiger partial charge in [0.25, 0.3) is 0 Å². The highest BCUT2D eigenvalue weighted by atomic mass is 16.5. The Bertz CT molecular complexity index is 1280. The number of fused-ring (bicyclic) bond motifs is 1. The van der Waals surface area contributed by atoms with Crippen LogP contribution in [0.1, 0.15) is 32.6 Å². The van der Waals surface area contributed by atoms with E-state index in [1.165, 1.54) is 0 Å². The fourth-order valence-electron chi connectivity index (χ4n) is 3.50. The second-order valence-electron chi connectivity index (χ2n) is 7.19. The van der Waals surface area contributed by atoms with Gasteiger partial charge in [-0.3, -0.25) is 0 Å². The summed E-state index contributed by atoms with van der Waals surface area (Å²) >= 11 is 0. The Kier molecular flexibility index (Phi) is 5.11. The number of aryl methyl sites for hydroxylation is 2. The highest BCUT2D eigenvalue weighted by molar-refractivity contribution is 5.94. The van der Waals surface area contributed by atoms with Crippen LogP contribution in [-0.2, 0) is 6.42 Å². The van der Waals surface area contributed by atoms with Crippen LogP contribution in [0.2, 0.25) is 0 Å². The van der Waals surface area contributed by atoms with E-state index in [2.05, 4.69) is 0 Å². The van der Waals surface area contributed by atoms with Crippen LogP contribution < -0.4 is 10.4 Å². The minimum Gasteiger partial charge on any atom is -0.507 e. The van der Waals surface area contributed by atoms with Crippen molar-refractivity contribution in [3.8, 4) is 11.5 Å². The number of hydrogen-bond acceptors (Lipinski definition) is 5. The number of para-hydroxylation sites is 1. The highest BCUT2D eigenvalue weighted by Crippen LogP contribution is 2.28. The van der Waals surface area contributed by atoms with Crippen LogP contribution in [0.5, 0.6) is 11.5 Å². The first kappa shape index (κ1) is 19.5. The molecule has 3 aromatic carbocycles. The molecule has 0 unspecified atom stereocenters. The Morgan fingerprint density at radius 1 is 0.933 bits per heavy atom. The lowest BCUT2D eigenvalue weighted by Gasteiger charge is -2.10. The predicted octanol–water partition coefficient (Wildman–Crippen LogP) is 4.93. The van der Waals surface area contributed by atoms with Crippen molar-refractivity contribution in [3.05, 3.63) is 105 Å². The van der Waals surface area contributed by atoms with Crippen LogP contribution in [0.25, 0.3) is 11.0 Å². The topological polar surface area (TPSA) is 76.7 Å². The molecule has 0 aliphatic rings. The van der Waals surface area contributed by atoms with Crippen molar-refractivity contribution in [2.45, 2.75) is 20.3 Å². The normalized spacial score (nSPS) is 10.9. The van der Waals surface area contributed by atoms with E-state index >= 15 is 0 Å². The lowest BCUT2D eigenvalue weighted by molar-refractivity contribution is 0.0733. The lowest BCUT2D eigenvalue weighted by atomic mass is 10.0. The summed E-state index contributed by atoms with van der Waals surface area (Å²) in [5.74, 6) is -0.0836. The summed E-state index contributed by atoms with van der Waals surface area (Å²) in [5.41, 5.74) is 3.01. The van der Waals surface area contributed by atoms with Gasteiger partial charge in [-0.05, 0) is 54.8 Å². The Labute approximate surface area is 173 Å². The molecule has 0 amide bonds. The number of carbonyl (C=O) groups excluding carboxylic acids is 1. The fraction of sp³-hybridized carbons (Fsp3) is 0.120. The van der Waals surface area contributed by atoms with Crippen LogP contribution in [0, 0.1) is 13.8 Å². The van der Waals surface area contributed by atoms with E-state index in [9.17, 15) is 14.7 Å². The summed E-state index contributed by atoms with van der Waals surface area (Å²) in [4.78, 5) is 24.8. The second kappa shape index (κ2) is 7.87. The molecule has 4 rings (SSSR count). The first-order chi connectivity index (χ1) is 14.4. The maximum atomic E-state index is 12.5. The molecule has 150 valence electrons. The molecule has 5 nitrogen and oxygen atoms in total. The highest BCUT2D eigenvalue weighted by Gasteiger charge is 2.16. The molecule has 4 aromatic rings. The van der Waals surface area contributed by atoms with E-state index in [1.807, 2.05) is 32.0 Å². The Balaban J connectivity index is 1.56. The third-order valence-corrected chi connectivity index (χ3v) is 5.08. The fourth-order valence-corrected chi connectivity index (χ4v) is 3.50. The zero-order chi connectivity index (χ0) is 21.3. The summed E-state index contributed by atoms with van der Waals surface area (Å²) in [6.45, 7) is 3.74. The maximum absolute atomic E-state index is 12.5. The molecule has 5 heteroatoms. The lowest BCUT2D eigenvalue weighted by Crippen LogP contribution is -2.12. The van der Waals surface area contributed by atoms with Gasteiger partial charge in [0.1, 0.15) is 17.1 Å². The molecule has 0 bridgehead atoms. The summed E-state index contributed by atoms with van der Waals surface area (Å²) in [6.07, 6.45) is 0.199. The van der Waals surface area contributed by atoms with Gasteiger partial charge in [-0.2, -0.15) is 0 Å². The summed E-state index contributed by atoms with van der Waals surface area (Å²) < 4.78 is 10.8. The number of ether oxygens (including phenoxy) is 1. The molecular weight excluding hydrogens is 380 g/mol. The molecule has 0 radical (unpaired) electrons. The average molecular weight is 400 g/mol. The van der Waals surface area contributed by atoms with Crippen LogP contribution in [0.3, 0.4) is 0 Å². The SMILES string of the molecule is Cc1cccc(C)c1C(=O)Oc1ccc(Cc2c(O)c3ccccc3oc2=O)cc1. The molecule has 1 aromatic heterocycles. The van der Waals surface area contributed by atoms with E-state index in [4.69, 9.17) is 9.15 Å². The molecule has 0 fully saturated rings. The maximum Gasteiger partial charge on any atom is 0.344 e. The van der Waals surface area contributed by atoms with E-state index < -0.39 is 11.6 Å². The van der Waals surface area contributed by atoms with E-state index in [-0.39, 0.29) is 17.7 Å². The van der Waals surface area contributed by atoms with Crippen molar-refractivity contribution < 1.29 is 19.1 Å². The van der Waals surface area contributed by atoms with Gasteiger partial charge in [-0.25, -0.2) is 9.59 Å². The molecule has 30 heavy (non-hydrogen) atoms. The first-order valence-electron chi connectivity index (χ1n) is 9.55. The van der Waals surface area contributed by atoms with Crippen LogP contribution in [0.15, 0.2) is 75.9 Å². The monoisotopic (exact) mass is 400 g/mol. The Morgan fingerprint density at radius 2 is 1.60 bits per heavy atom. The van der Waals surface area contributed by atoms with Gasteiger partial charge in [0.05, 0.1) is 16.5 Å². The first-order valence-corrected chi connectivity index (χ1v) is 9.55. The summed E-state index contributed by atoms with van der Waals surface area (Å²) in [6, 6.07) is 19.3. The summed E-state index contributed by atoms with van der Waals surface area (Å²) in [7, 11) is 0. The molecule has 0 atom stereocenters. The largest absolute Gasteiger partial charge is 0.507 e. The Hall–Kier alpha value is -3.86. The van der Waals surface area contributed by atoms with Gasteiger partial charge < -0.3 is 14.3 Å². The molecule has 0 saturated heterocycles. The van der Waals surface area contributed by atoms with Crippen LogP contribution >= 0.6 is 0 Å². The molecule has 0 saturated carbocycles. The molecule has 0 spiro atoms. The number of esters is 1. The summed E-state index contributed by atoms with van der Waals surface area (Å²) in [5, 5.41) is 11.0. The number of benzene rings is 3. The van der Waals surface area contributed by atoms with Crippen molar-refractivity contribution in [3.63, 3.8) is 0 Å². The molecule has 0 aliphatic heterocycles. The molecule has 0 aliphatic carbocycles. The van der Waals surface area contributed by atoms with Gasteiger partial charge in [0, 0.05) is 6.42 Å². The molecular formula is C25H20O5. The third-order valence-electron chi connectivity index (χ3n) is 5.08. The van der Waals surface area contributed by atoms with Crippen molar-refractivity contribution in [2.24, 2.45) is 0 Å². The van der Waals surface area contributed by atoms with Crippen molar-refractivity contribution in [2.75, 3.05) is 0 Å². The number of hydrogen-bond donors (Lipinski definition) is 1. The van der Waals surface area contributed by atoms with Crippen molar-refractivity contribution in [1.29, 1.82) is 0 Å². The predicted molar refractivity (Wildman–Crippen MR) is 114 cm³/mol. The van der Waals surface area contributed by atoms with E-state index in [1.54, 1.807) is 48.5 Å². The van der Waals surface area contributed by atoms with Crippen LogP contribution in [0.4, 0.5) is 0 Å². The van der Waals surface area contributed by atoms with Gasteiger partial charge >= 0.3 is 11.6 Å².